The SMILES string of the molecule is CCCn1ccnc(NC(C)C(=O)N(C)CC)c1=O. The molecule has 6 nitrogen and oxygen atoms in total. The van der Waals surface area contributed by atoms with Gasteiger partial charge in [0.1, 0.15) is 6.04 Å². The monoisotopic (exact) mass is 266 g/mol. The number of carbonyl (C=O) groups is 1. The third-order valence-corrected chi connectivity index (χ3v) is 2.95. The zero-order chi connectivity index (χ0) is 14.4. The minimum absolute atomic E-state index is 0.0606. The number of aromatic nitrogens is 2. The second kappa shape index (κ2) is 6.92. The number of aryl methyl sites for hydroxylation is 1. The van der Waals surface area contributed by atoms with E-state index in [4.69, 9.17) is 0 Å². The van der Waals surface area contributed by atoms with Gasteiger partial charge in [0.2, 0.25) is 5.91 Å². The molecule has 0 aliphatic rings. The maximum absolute atomic E-state index is 12.1. The topological polar surface area (TPSA) is 67.2 Å². The summed E-state index contributed by atoms with van der Waals surface area (Å²) in [6.45, 7) is 6.91. The number of likely N-dealkylation sites (N-methyl/N-ethyl adjacent to an activating group) is 1. The predicted octanol–water partition coefficient (Wildman–Crippen LogP) is 0.932. The summed E-state index contributed by atoms with van der Waals surface area (Å²) < 4.78 is 1.59. The molecule has 0 fully saturated rings. The Morgan fingerprint density at radius 3 is 2.79 bits per heavy atom. The Labute approximate surface area is 113 Å². The minimum atomic E-state index is -0.470. The summed E-state index contributed by atoms with van der Waals surface area (Å²) in [4.78, 5) is 29.6. The van der Waals surface area contributed by atoms with Gasteiger partial charge in [0.15, 0.2) is 5.82 Å². The molecule has 1 aromatic heterocycles. The van der Waals surface area contributed by atoms with Crippen molar-refractivity contribution in [3.63, 3.8) is 0 Å². The summed E-state index contributed by atoms with van der Waals surface area (Å²) in [5, 5.41) is 2.89. The average molecular weight is 266 g/mol. The lowest BCUT2D eigenvalue weighted by molar-refractivity contribution is -0.130. The Kier molecular flexibility index (Phi) is 5.54. The highest BCUT2D eigenvalue weighted by molar-refractivity contribution is 5.83. The van der Waals surface area contributed by atoms with Gasteiger partial charge in [0.05, 0.1) is 0 Å². The van der Waals surface area contributed by atoms with Gasteiger partial charge in [-0.3, -0.25) is 9.59 Å². The molecule has 19 heavy (non-hydrogen) atoms. The molecule has 0 spiro atoms. The van der Waals surface area contributed by atoms with Gasteiger partial charge in [-0.25, -0.2) is 4.98 Å². The Morgan fingerprint density at radius 2 is 2.21 bits per heavy atom. The van der Waals surface area contributed by atoms with E-state index in [0.717, 1.165) is 6.42 Å². The molecule has 6 heteroatoms. The summed E-state index contributed by atoms with van der Waals surface area (Å²) in [6, 6.07) is -0.470. The maximum Gasteiger partial charge on any atom is 0.293 e. The first-order chi connectivity index (χ1) is 9.01. The van der Waals surface area contributed by atoms with Crippen LogP contribution in [-0.2, 0) is 11.3 Å². The molecule has 1 rings (SSSR count). The van der Waals surface area contributed by atoms with E-state index < -0.39 is 6.04 Å². The number of anilines is 1. The summed E-state index contributed by atoms with van der Waals surface area (Å²) in [5.41, 5.74) is -0.192. The Hall–Kier alpha value is -1.85. The second-order valence-corrected chi connectivity index (χ2v) is 4.49. The van der Waals surface area contributed by atoms with Gasteiger partial charge < -0.3 is 14.8 Å². The van der Waals surface area contributed by atoms with Gasteiger partial charge in [-0.1, -0.05) is 6.92 Å². The molecule has 1 N–H and O–H groups in total. The molecule has 0 bridgehead atoms. The van der Waals surface area contributed by atoms with Crippen molar-refractivity contribution >= 4 is 11.7 Å². The molecule has 0 aliphatic heterocycles. The third kappa shape index (κ3) is 3.81. The number of carbonyl (C=O) groups excluding carboxylic acids is 1. The highest BCUT2D eigenvalue weighted by atomic mass is 16.2. The molecule has 0 aromatic carbocycles. The van der Waals surface area contributed by atoms with Crippen molar-refractivity contribution in [2.45, 2.75) is 39.8 Å². The van der Waals surface area contributed by atoms with Crippen LogP contribution in [0.2, 0.25) is 0 Å². The van der Waals surface area contributed by atoms with Crippen molar-refractivity contribution in [2.75, 3.05) is 18.9 Å². The molecule has 1 aromatic rings. The summed E-state index contributed by atoms with van der Waals surface area (Å²) >= 11 is 0. The lowest BCUT2D eigenvalue weighted by Crippen LogP contribution is -2.40. The number of hydrogen-bond acceptors (Lipinski definition) is 4. The first-order valence-corrected chi connectivity index (χ1v) is 6.58. The largest absolute Gasteiger partial charge is 0.354 e. The van der Waals surface area contributed by atoms with Crippen LogP contribution in [0.5, 0.6) is 0 Å². The smallest absolute Gasteiger partial charge is 0.293 e. The molecule has 1 atom stereocenters. The van der Waals surface area contributed by atoms with E-state index >= 15 is 0 Å². The molecular weight excluding hydrogens is 244 g/mol. The highest BCUT2D eigenvalue weighted by Crippen LogP contribution is 2.00. The average Bonchev–Trinajstić information content (AvgIpc) is 2.41. The fourth-order valence-electron chi connectivity index (χ4n) is 1.72. The van der Waals surface area contributed by atoms with E-state index in [1.807, 2.05) is 13.8 Å². The fourth-order valence-corrected chi connectivity index (χ4v) is 1.72. The van der Waals surface area contributed by atoms with Gasteiger partial charge in [0.25, 0.3) is 5.56 Å². The van der Waals surface area contributed by atoms with Crippen molar-refractivity contribution in [2.24, 2.45) is 0 Å². The lowest BCUT2D eigenvalue weighted by atomic mass is 10.3. The zero-order valence-corrected chi connectivity index (χ0v) is 12.0. The Morgan fingerprint density at radius 1 is 1.53 bits per heavy atom. The minimum Gasteiger partial charge on any atom is -0.354 e. The van der Waals surface area contributed by atoms with Crippen LogP contribution in [-0.4, -0.2) is 40.0 Å². The molecule has 0 radical (unpaired) electrons. The summed E-state index contributed by atoms with van der Waals surface area (Å²) in [6.07, 6.45) is 4.10. The van der Waals surface area contributed by atoms with Crippen LogP contribution in [0.3, 0.4) is 0 Å². The summed E-state index contributed by atoms with van der Waals surface area (Å²) in [5.74, 6) is 0.163. The molecule has 0 saturated heterocycles. The molecule has 1 heterocycles. The molecule has 1 amide bonds. The van der Waals surface area contributed by atoms with E-state index in [9.17, 15) is 9.59 Å². The van der Waals surface area contributed by atoms with E-state index in [0.29, 0.717) is 13.1 Å². The lowest BCUT2D eigenvalue weighted by Gasteiger charge is -2.20. The van der Waals surface area contributed by atoms with Crippen molar-refractivity contribution in [3.05, 3.63) is 22.7 Å². The highest BCUT2D eigenvalue weighted by Gasteiger charge is 2.18. The normalized spacial score (nSPS) is 12.0. The number of amides is 1. The standard InChI is InChI=1S/C13H22N4O2/c1-5-8-17-9-7-14-11(13(17)19)15-10(3)12(18)16(4)6-2/h7,9-10H,5-6,8H2,1-4H3,(H,14,15). The van der Waals surface area contributed by atoms with Gasteiger partial charge in [-0.2, -0.15) is 0 Å². The zero-order valence-electron chi connectivity index (χ0n) is 12.0. The molecular formula is C13H22N4O2. The van der Waals surface area contributed by atoms with Crippen LogP contribution in [0, 0.1) is 0 Å². The number of nitrogens with one attached hydrogen (secondary N) is 1. The quantitative estimate of drug-likeness (QED) is 0.832. The molecule has 1 unspecified atom stereocenters. The fraction of sp³-hybridized carbons (Fsp3) is 0.615. The first kappa shape index (κ1) is 15.2. The van der Waals surface area contributed by atoms with Gasteiger partial charge >= 0.3 is 0 Å². The number of rotatable bonds is 6. The maximum atomic E-state index is 12.1. The van der Waals surface area contributed by atoms with E-state index in [2.05, 4.69) is 10.3 Å². The van der Waals surface area contributed by atoms with Crippen molar-refractivity contribution in [1.82, 2.24) is 14.5 Å². The Bertz CT molecular complexity index is 484. The van der Waals surface area contributed by atoms with Gasteiger partial charge in [-0.05, 0) is 20.3 Å². The van der Waals surface area contributed by atoms with Crippen LogP contribution in [0.1, 0.15) is 27.2 Å². The second-order valence-electron chi connectivity index (χ2n) is 4.49. The molecule has 0 saturated carbocycles. The Balaban J connectivity index is 2.85. The van der Waals surface area contributed by atoms with Crippen LogP contribution in [0.15, 0.2) is 17.2 Å². The van der Waals surface area contributed by atoms with Crippen LogP contribution in [0.4, 0.5) is 5.82 Å². The van der Waals surface area contributed by atoms with Gasteiger partial charge in [0, 0.05) is 32.5 Å². The molecule has 106 valence electrons. The number of nitrogens with zero attached hydrogens (tertiary/aromatic N) is 3. The van der Waals surface area contributed by atoms with Crippen LogP contribution in [0.25, 0.3) is 0 Å². The summed E-state index contributed by atoms with van der Waals surface area (Å²) in [7, 11) is 1.73. The van der Waals surface area contributed by atoms with Crippen LogP contribution >= 0.6 is 0 Å². The van der Waals surface area contributed by atoms with E-state index in [1.165, 1.54) is 0 Å². The number of hydrogen-bond donors (Lipinski definition) is 1. The van der Waals surface area contributed by atoms with Gasteiger partial charge in [-0.15, -0.1) is 0 Å². The van der Waals surface area contributed by atoms with E-state index in [1.54, 1.807) is 35.8 Å². The van der Waals surface area contributed by atoms with Crippen molar-refractivity contribution in [3.8, 4) is 0 Å². The van der Waals surface area contributed by atoms with Crippen LogP contribution < -0.4 is 10.9 Å². The third-order valence-electron chi connectivity index (χ3n) is 2.95. The first-order valence-electron chi connectivity index (χ1n) is 6.58. The molecule has 0 aliphatic carbocycles. The predicted molar refractivity (Wildman–Crippen MR) is 75.2 cm³/mol. The van der Waals surface area contributed by atoms with Crippen molar-refractivity contribution in [1.29, 1.82) is 0 Å². The van der Waals surface area contributed by atoms with Crippen molar-refractivity contribution < 1.29 is 4.79 Å². The van der Waals surface area contributed by atoms with E-state index in [-0.39, 0.29) is 17.3 Å².